The van der Waals surface area contributed by atoms with Crippen molar-refractivity contribution in [1.82, 2.24) is 9.88 Å². The highest BCUT2D eigenvalue weighted by molar-refractivity contribution is 5.98. The van der Waals surface area contributed by atoms with Crippen LogP contribution in [0.1, 0.15) is 28.9 Å². The predicted molar refractivity (Wildman–Crippen MR) is 77.3 cm³/mol. The van der Waals surface area contributed by atoms with Crippen LogP contribution in [0, 0.1) is 5.92 Å². The van der Waals surface area contributed by atoms with E-state index in [1.165, 1.54) is 6.20 Å². The highest BCUT2D eigenvalue weighted by Gasteiger charge is 2.24. The number of nitrogens with two attached hydrogens (primary N) is 1. The lowest BCUT2D eigenvalue weighted by atomic mass is 9.97. The number of amidine groups is 1. The van der Waals surface area contributed by atoms with E-state index in [4.69, 9.17) is 15.7 Å². The molecule has 1 aliphatic heterocycles. The first-order valence-corrected chi connectivity index (χ1v) is 6.88. The number of carbonyl (C=O) groups is 1. The van der Waals surface area contributed by atoms with Gasteiger partial charge in [0.15, 0.2) is 5.84 Å². The maximum Gasteiger partial charge on any atom is 0.272 e. The summed E-state index contributed by atoms with van der Waals surface area (Å²) in [4.78, 5) is 18.2. The molecule has 1 aromatic rings. The van der Waals surface area contributed by atoms with Crippen LogP contribution < -0.4 is 5.73 Å². The van der Waals surface area contributed by atoms with Crippen LogP contribution in [0.3, 0.4) is 0 Å². The number of piperidine rings is 1. The average molecular weight is 292 g/mol. The topological polar surface area (TPSA) is 101 Å². The van der Waals surface area contributed by atoms with E-state index in [1.54, 1.807) is 24.1 Å². The maximum atomic E-state index is 12.3. The van der Waals surface area contributed by atoms with Crippen LogP contribution in [0.5, 0.6) is 0 Å². The molecule has 21 heavy (non-hydrogen) atoms. The number of hydrogen-bond donors (Lipinski definition) is 2. The van der Waals surface area contributed by atoms with Gasteiger partial charge in [0.2, 0.25) is 0 Å². The van der Waals surface area contributed by atoms with Crippen molar-refractivity contribution >= 4 is 11.7 Å². The fourth-order valence-electron chi connectivity index (χ4n) is 2.43. The van der Waals surface area contributed by atoms with E-state index in [0.717, 1.165) is 32.5 Å². The number of amides is 1. The Balaban J connectivity index is 1.98. The molecule has 0 spiro atoms. The molecule has 1 fully saturated rings. The van der Waals surface area contributed by atoms with E-state index >= 15 is 0 Å². The van der Waals surface area contributed by atoms with Crippen molar-refractivity contribution < 1.29 is 14.7 Å². The van der Waals surface area contributed by atoms with Crippen molar-refractivity contribution in [1.29, 1.82) is 0 Å². The van der Waals surface area contributed by atoms with E-state index in [-0.39, 0.29) is 11.7 Å². The van der Waals surface area contributed by atoms with Gasteiger partial charge in [-0.1, -0.05) is 5.16 Å². The molecule has 0 radical (unpaired) electrons. The summed E-state index contributed by atoms with van der Waals surface area (Å²) in [5.41, 5.74) is 6.31. The molecule has 0 aromatic carbocycles. The zero-order valence-corrected chi connectivity index (χ0v) is 12.0. The van der Waals surface area contributed by atoms with Gasteiger partial charge in [-0.3, -0.25) is 9.78 Å². The summed E-state index contributed by atoms with van der Waals surface area (Å²) in [6, 6.07) is 3.21. The van der Waals surface area contributed by atoms with Gasteiger partial charge in [-0.15, -0.1) is 0 Å². The SMILES string of the molecule is COCC1CCN(C(=O)c2ccc(C(N)=NO)cn2)CC1. The highest BCUT2D eigenvalue weighted by atomic mass is 16.5. The molecule has 3 N–H and O–H groups in total. The Kier molecular flexibility index (Phi) is 5.10. The number of likely N-dealkylation sites (tertiary alicyclic amines) is 1. The molecule has 1 amide bonds. The summed E-state index contributed by atoms with van der Waals surface area (Å²) in [5, 5.41) is 11.5. The number of ether oxygens (including phenoxy) is 1. The largest absolute Gasteiger partial charge is 0.409 e. The lowest BCUT2D eigenvalue weighted by Gasteiger charge is -2.31. The molecule has 1 saturated heterocycles. The van der Waals surface area contributed by atoms with E-state index < -0.39 is 0 Å². The van der Waals surface area contributed by atoms with Crippen LogP contribution in [-0.2, 0) is 4.74 Å². The number of rotatable bonds is 4. The lowest BCUT2D eigenvalue weighted by molar-refractivity contribution is 0.0608. The zero-order valence-electron chi connectivity index (χ0n) is 12.0. The standard InChI is InChI=1S/C14H20N4O3/c1-21-9-10-4-6-18(7-5-10)14(19)12-3-2-11(8-16-12)13(15)17-20/h2-3,8,10,20H,4-7,9H2,1H3,(H2,15,17). The Bertz CT molecular complexity index is 507. The number of nitrogens with zero attached hydrogens (tertiary/aromatic N) is 3. The summed E-state index contributed by atoms with van der Waals surface area (Å²) in [7, 11) is 1.70. The van der Waals surface area contributed by atoms with Gasteiger partial charge >= 0.3 is 0 Å². The van der Waals surface area contributed by atoms with Gasteiger partial charge in [-0.25, -0.2) is 0 Å². The summed E-state index contributed by atoms with van der Waals surface area (Å²) in [6.07, 6.45) is 3.32. The van der Waals surface area contributed by atoms with Crippen molar-refractivity contribution in [2.45, 2.75) is 12.8 Å². The van der Waals surface area contributed by atoms with Crippen LogP contribution in [0.4, 0.5) is 0 Å². The van der Waals surface area contributed by atoms with Crippen molar-refractivity contribution in [2.75, 3.05) is 26.8 Å². The minimum absolute atomic E-state index is 0.0260. The molecule has 2 heterocycles. The van der Waals surface area contributed by atoms with Gasteiger partial charge < -0.3 is 20.6 Å². The van der Waals surface area contributed by atoms with Crippen LogP contribution in [0.2, 0.25) is 0 Å². The number of methoxy groups -OCH3 is 1. The quantitative estimate of drug-likeness (QED) is 0.368. The molecule has 7 nitrogen and oxygen atoms in total. The fraction of sp³-hybridized carbons (Fsp3) is 0.500. The monoisotopic (exact) mass is 292 g/mol. The average Bonchev–Trinajstić information content (AvgIpc) is 2.54. The first-order chi connectivity index (χ1) is 10.2. The van der Waals surface area contributed by atoms with E-state index in [2.05, 4.69) is 10.1 Å². The van der Waals surface area contributed by atoms with E-state index in [9.17, 15) is 4.79 Å². The third kappa shape index (κ3) is 3.69. The summed E-state index contributed by atoms with van der Waals surface area (Å²) >= 11 is 0. The minimum Gasteiger partial charge on any atom is -0.409 e. The minimum atomic E-state index is -0.0862. The van der Waals surface area contributed by atoms with Crippen LogP contribution in [0.15, 0.2) is 23.5 Å². The molecule has 7 heteroatoms. The van der Waals surface area contributed by atoms with Crippen LogP contribution in [-0.4, -0.2) is 53.6 Å². The van der Waals surface area contributed by atoms with Gasteiger partial charge in [-0.2, -0.15) is 0 Å². The number of pyridine rings is 1. The fourth-order valence-corrected chi connectivity index (χ4v) is 2.43. The van der Waals surface area contributed by atoms with Crippen molar-refractivity contribution in [3.8, 4) is 0 Å². The molecular formula is C14H20N4O3. The number of hydrogen-bond acceptors (Lipinski definition) is 5. The highest BCUT2D eigenvalue weighted by Crippen LogP contribution is 2.18. The van der Waals surface area contributed by atoms with Crippen molar-refractivity contribution in [2.24, 2.45) is 16.8 Å². The lowest BCUT2D eigenvalue weighted by Crippen LogP contribution is -2.39. The van der Waals surface area contributed by atoms with Crippen LogP contribution >= 0.6 is 0 Å². The molecule has 1 aromatic heterocycles. The first-order valence-electron chi connectivity index (χ1n) is 6.88. The molecule has 0 saturated carbocycles. The number of carbonyl (C=O) groups excluding carboxylic acids is 1. The Hall–Kier alpha value is -2.15. The Morgan fingerprint density at radius 2 is 2.24 bits per heavy atom. The van der Waals surface area contributed by atoms with Gasteiger partial charge in [0.25, 0.3) is 5.91 Å². The summed E-state index contributed by atoms with van der Waals surface area (Å²) in [6.45, 7) is 2.18. The molecule has 0 aliphatic carbocycles. The van der Waals surface area contributed by atoms with Gasteiger partial charge in [0, 0.05) is 38.6 Å². The first kappa shape index (κ1) is 15.2. The second kappa shape index (κ2) is 7.03. The second-order valence-electron chi connectivity index (χ2n) is 5.11. The Morgan fingerprint density at radius 3 is 2.76 bits per heavy atom. The van der Waals surface area contributed by atoms with Gasteiger partial charge in [-0.05, 0) is 30.9 Å². The van der Waals surface area contributed by atoms with Gasteiger partial charge in [0.05, 0.1) is 0 Å². The van der Waals surface area contributed by atoms with Crippen LogP contribution in [0.25, 0.3) is 0 Å². The molecular weight excluding hydrogens is 272 g/mol. The summed E-state index contributed by atoms with van der Waals surface area (Å²) in [5.74, 6) is 0.411. The normalized spacial score (nSPS) is 17.0. The second-order valence-corrected chi connectivity index (χ2v) is 5.11. The zero-order chi connectivity index (χ0) is 15.2. The van der Waals surface area contributed by atoms with E-state index in [0.29, 0.717) is 17.2 Å². The molecule has 114 valence electrons. The predicted octanol–water partition coefficient (Wildman–Crippen LogP) is 0.675. The maximum absolute atomic E-state index is 12.3. The smallest absolute Gasteiger partial charge is 0.272 e. The summed E-state index contributed by atoms with van der Waals surface area (Å²) < 4.78 is 5.15. The third-order valence-electron chi connectivity index (χ3n) is 3.69. The molecule has 0 atom stereocenters. The van der Waals surface area contributed by atoms with Crippen molar-refractivity contribution in [3.63, 3.8) is 0 Å². The van der Waals surface area contributed by atoms with E-state index in [1.807, 2.05) is 0 Å². The van der Waals surface area contributed by atoms with Gasteiger partial charge in [0.1, 0.15) is 5.69 Å². The Morgan fingerprint density at radius 1 is 1.52 bits per heavy atom. The third-order valence-corrected chi connectivity index (χ3v) is 3.69. The molecule has 1 aliphatic rings. The molecule has 2 rings (SSSR count). The number of oxime groups is 1. The molecule has 0 unspecified atom stereocenters. The van der Waals surface area contributed by atoms with Crippen molar-refractivity contribution in [3.05, 3.63) is 29.6 Å². The Labute approximate surface area is 123 Å². The number of aromatic nitrogens is 1. The molecule has 0 bridgehead atoms.